The molecular weight excluding hydrogens is 353 g/mol. The van der Waals surface area contributed by atoms with E-state index in [2.05, 4.69) is 5.32 Å². The van der Waals surface area contributed by atoms with Crippen molar-refractivity contribution in [3.8, 4) is 5.75 Å². The van der Waals surface area contributed by atoms with E-state index in [4.69, 9.17) is 4.74 Å². The minimum Gasteiger partial charge on any atom is -0.497 e. The maximum absolute atomic E-state index is 14.1. The lowest BCUT2D eigenvalue weighted by molar-refractivity contribution is -0.160. The summed E-state index contributed by atoms with van der Waals surface area (Å²) in [5.74, 6) is -0.295. The summed E-state index contributed by atoms with van der Waals surface area (Å²) in [7, 11) is 1.50. The first-order valence-corrected chi connectivity index (χ1v) is 9.24. The fraction of sp³-hybridized carbons (Fsp3) is 0.579. The summed E-state index contributed by atoms with van der Waals surface area (Å²) in [5.41, 5.74) is -1.16. The Labute approximate surface area is 158 Å². The van der Waals surface area contributed by atoms with Gasteiger partial charge in [-0.15, -0.1) is 0 Å². The van der Waals surface area contributed by atoms with Gasteiger partial charge < -0.3 is 20.1 Å². The van der Waals surface area contributed by atoms with Gasteiger partial charge in [0, 0.05) is 51.3 Å². The highest BCUT2D eigenvalue weighted by atomic mass is 19.1. The van der Waals surface area contributed by atoms with Gasteiger partial charge in [0.25, 0.3) is 5.91 Å². The molecule has 2 saturated heterocycles. The maximum Gasteiger partial charge on any atom is 0.256 e. The van der Waals surface area contributed by atoms with Gasteiger partial charge in [-0.2, -0.15) is 0 Å². The van der Waals surface area contributed by atoms with E-state index in [0.29, 0.717) is 56.8 Å². The predicted octanol–water partition coefficient (Wildman–Crippen LogP) is 0.510. The molecule has 0 radical (unpaired) electrons. The number of aliphatic hydroxyl groups is 1. The Balaban J connectivity index is 1.70. The molecule has 0 spiro atoms. The zero-order valence-electron chi connectivity index (χ0n) is 15.5. The van der Waals surface area contributed by atoms with Crippen LogP contribution in [0.2, 0.25) is 0 Å². The van der Waals surface area contributed by atoms with Crippen LogP contribution in [-0.2, 0) is 16.1 Å². The third-order valence-electron chi connectivity index (χ3n) is 5.21. The van der Waals surface area contributed by atoms with Gasteiger partial charge in [-0.05, 0) is 31.0 Å². The first-order valence-electron chi connectivity index (χ1n) is 9.24. The van der Waals surface area contributed by atoms with E-state index in [0.717, 1.165) is 0 Å². The number of hydrogen-bond donors (Lipinski definition) is 2. The molecule has 1 atom stereocenters. The molecule has 1 aromatic carbocycles. The van der Waals surface area contributed by atoms with Crippen LogP contribution in [0.1, 0.15) is 24.8 Å². The number of amides is 2. The predicted molar refractivity (Wildman–Crippen MR) is 96.6 cm³/mol. The second kappa shape index (κ2) is 8.22. The molecule has 27 heavy (non-hydrogen) atoms. The number of hydrogen-bond acceptors (Lipinski definition) is 5. The fourth-order valence-electron chi connectivity index (χ4n) is 3.71. The monoisotopic (exact) mass is 379 g/mol. The number of nitrogens with zero attached hydrogens (tertiary/aromatic N) is 2. The average molecular weight is 379 g/mol. The zero-order valence-corrected chi connectivity index (χ0v) is 15.5. The van der Waals surface area contributed by atoms with Gasteiger partial charge >= 0.3 is 0 Å². The van der Waals surface area contributed by atoms with Gasteiger partial charge in [-0.1, -0.05) is 0 Å². The largest absolute Gasteiger partial charge is 0.497 e. The lowest BCUT2D eigenvalue weighted by Crippen LogP contribution is -2.58. The summed E-state index contributed by atoms with van der Waals surface area (Å²) in [6.45, 7) is 2.33. The normalized spacial score (nSPS) is 24.5. The van der Waals surface area contributed by atoms with Gasteiger partial charge in [0.2, 0.25) is 5.91 Å². The van der Waals surface area contributed by atoms with Crippen LogP contribution in [0.4, 0.5) is 4.39 Å². The molecular formula is C19H26FN3O4. The molecule has 148 valence electrons. The van der Waals surface area contributed by atoms with E-state index in [1.807, 2.05) is 4.90 Å². The second-order valence-electron chi connectivity index (χ2n) is 7.20. The molecule has 2 aliphatic heterocycles. The number of carbonyl (C=O) groups excluding carboxylic acids is 2. The van der Waals surface area contributed by atoms with Crippen LogP contribution in [0, 0.1) is 5.82 Å². The minimum atomic E-state index is -1.51. The van der Waals surface area contributed by atoms with Gasteiger partial charge in [0.1, 0.15) is 11.6 Å². The van der Waals surface area contributed by atoms with Crippen LogP contribution in [0.25, 0.3) is 0 Å². The smallest absolute Gasteiger partial charge is 0.256 e. The summed E-state index contributed by atoms with van der Waals surface area (Å²) in [4.78, 5) is 27.9. The van der Waals surface area contributed by atoms with Crippen molar-refractivity contribution in [1.29, 1.82) is 0 Å². The van der Waals surface area contributed by atoms with E-state index in [-0.39, 0.29) is 24.9 Å². The fourth-order valence-corrected chi connectivity index (χ4v) is 3.71. The summed E-state index contributed by atoms with van der Waals surface area (Å²) in [6.07, 6.45) is 1.35. The van der Waals surface area contributed by atoms with Crippen molar-refractivity contribution in [1.82, 2.24) is 15.1 Å². The van der Waals surface area contributed by atoms with Crippen LogP contribution < -0.4 is 10.1 Å². The first kappa shape index (κ1) is 19.6. The van der Waals surface area contributed by atoms with Crippen LogP contribution in [-0.4, -0.2) is 72.2 Å². The second-order valence-corrected chi connectivity index (χ2v) is 7.20. The molecule has 2 heterocycles. The van der Waals surface area contributed by atoms with Crippen LogP contribution in [0.15, 0.2) is 18.2 Å². The minimum absolute atomic E-state index is 0.0189. The third-order valence-corrected chi connectivity index (χ3v) is 5.21. The van der Waals surface area contributed by atoms with Crippen LogP contribution in [0.3, 0.4) is 0 Å². The Bertz CT molecular complexity index is 714. The van der Waals surface area contributed by atoms with Crippen molar-refractivity contribution in [3.05, 3.63) is 29.6 Å². The van der Waals surface area contributed by atoms with Crippen LogP contribution in [0.5, 0.6) is 5.75 Å². The van der Waals surface area contributed by atoms with E-state index in [9.17, 15) is 19.1 Å². The standard InChI is InChI=1S/C19H26FN3O4/c1-27-15-3-4-16(20)14(11-15)12-23-8-2-6-19(26,18(23)25)13-22-9-5-17(24)21-7-10-22/h3-4,11,26H,2,5-10,12-13H2,1H3,(H,21,24)/t19-/m1/s1. The molecule has 2 aliphatic rings. The maximum atomic E-state index is 14.1. The number of carbonyl (C=O) groups is 2. The SMILES string of the molecule is COc1ccc(F)c(CN2CCC[C@@](O)(CN3CCNC(=O)CC3)C2=O)c1. The molecule has 7 nitrogen and oxygen atoms in total. The Kier molecular flexibility index (Phi) is 5.96. The van der Waals surface area contributed by atoms with Gasteiger partial charge in [0.15, 0.2) is 5.60 Å². The van der Waals surface area contributed by atoms with E-state index >= 15 is 0 Å². The Hall–Kier alpha value is -2.19. The number of β-amino-alcohol motifs (C(OH)–C–C–N with tert-alkyl or cyclic N) is 1. The number of nitrogens with one attached hydrogen (secondary N) is 1. The molecule has 3 rings (SSSR count). The van der Waals surface area contributed by atoms with Gasteiger partial charge in [0.05, 0.1) is 7.11 Å². The Morgan fingerprint density at radius 3 is 2.89 bits per heavy atom. The molecule has 1 aromatic rings. The third kappa shape index (κ3) is 4.56. The Morgan fingerprint density at radius 1 is 1.30 bits per heavy atom. The number of ether oxygens (including phenoxy) is 1. The summed E-state index contributed by atoms with van der Waals surface area (Å²) >= 11 is 0. The lowest BCUT2D eigenvalue weighted by atomic mass is 9.90. The molecule has 2 fully saturated rings. The first-order chi connectivity index (χ1) is 12.9. The number of benzene rings is 1. The number of methoxy groups -OCH3 is 1. The average Bonchev–Trinajstić information content (AvgIpc) is 2.85. The summed E-state index contributed by atoms with van der Waals surface area (Å²) in [5, 5.41) is 13.8. The molecule has 8 heteroatoms. The highest BCUT2D eigenvalue weighted by Crippen LogP contribution is 2.27. The highest BCUT2D eigenvalue weighted by Gasteiger charge is 2.43. The van der Waals surface area contributed by atoms with E-state index in [1.54, 1.807) is 6.07 Å². The topological polar surface area (TPSA) is 82.1 Å². The molecule has 0 bridgehead atoms. The number of piperidine rings is 1. The van der Waals surface area contributed by atoms with Crippen molar-refractivity contribution in [2.45, 2.75) is 31.4 Å². The molecule has 0 aromatic heterocycles. The molecule has 2 amide bonds. The molecule has 0 saturated carbocycles. The van der Waals surface area contributed by atoms with Crippen LogP contribution >= 0.6 is 0 Å². The van der Waals surface area contributed by atoms with Crippen molar-refractivity contribution in [2.24, 2.45) is 0 Å². The lowest BCUT2D eigenvalue weighted by Gasteiger charge is -2.40. The zero-order chi connectivity index (χ0) is 19.4. The quantitative estimate of drug-likeness (QED) is 0.779. The van der Waals surface area contributed by atoms with E-state index in [1.165, 1.54) is 24.1 Å². The van der Waals surface area contributed by atoms with Crippen molar-refractivity contribution in [2.75, 3.05) is 39.8 Å². The van der Waals surface area contributed by atoms with Crippen molar-refractivity contribution < 1.29 is 23.8 Å². The number of halogens is 1. The molecule has 2 N–H and O–H groups in total. The number of likely N-dealkylation sites (tertiary alicyclic amines) is 1. The molecule has 0 unspecified atom stereocenters. The van der Waals surface area contributed by atoms with Gasteiger partial charge in [-0.25, -0.2) is 4.39 Å². The number of rotatable bonds is 5. The van der Waals surface area contributed by atoms with Gasteiger partial charge in [-0.3, -0.25) is 14.5 Å². The summed E-state index contributed by atoms with van der Waals surface area (Å²) in [6, 6.07) is 4.42. The van der Waals surface area contributed by atoms with Crippen molar-refractivity contribution >= 4 is 11.8 Å². The molecule has 0 aliphatic carbocycles. The van der Waals surface area contributed by atoms with Crippen molar-refractivity contribution in [3.63, 3.8) is 0 Å². The van der Waals surface area contributed by atoms with E-state index < -0.39 is 11.4 Å². The Morgan fingerprint density at radius 2 is 2.11 bits per heavy atom. The highest BCUT2D eigenvalue weighted by molar-refractivity contribution is 5.86. The summed E-state index contributed by atoms with van der Waals surface area (Å²) < 4.78 is 19.3.